The van der Waals surface area contributed by atoms with Crippen LogP contribution in [-0.2, 0) is 9.53 Å². The SMILES string of the molecule is CC(=O)Oc1ccc(-c2cccc(C)c2)cc1.CNC(=O)Oc1ccc(-c2cccc(C)c2)cc1.COC(=O)c1ccc(-c2cccc(C)c2)cc1.Cc1ccc(-c2cccc(C)c2)cc1.Cc1cccc(-c2ccc(OC(=O)N(C)C)cc2)c1.Cc1cccc(-c2ccc(OC(N)=O)cc2)c1. The van der Waals surface area contributed by atoms with Crippen molar-refractivity contribution in [2.75, 3.05) is 28.3 Å². The van der Waals surface area contributed by atoms with E-state index in [9.17, 15) is 24.0 Å². The van der Waals surface area contributed by atoms with E-state index < -0.39 is 12.2 Å². The molecule has 0 atom stereocenters. The second-order valence-electron chi connectivity index (χ2n) is 24.2. The normalized spacial score (nSPS) is 10.0. The maximum Gasteiger partial charge on any atom is 0.414 e. The molecule has 0 aliphatic heterocycles. The smallest absolute Gasteiger partial charge is 0.414 e. The number of nitrogens with zero attached hydrogens (tertiary/aromatic N) is 1. The molecule has 0 heterocycles. The van der Waals surface area contributed by atoms with Crippen molar-refractivity contribution in [2.24, 2.45) is 5.73 Å². The molecule has 3 amide bonds. The van der Waals surface area contributed by atoms with Crippen LogP contribution in [0.1, 0.15) is 56.2 Å². The molecule has 0 spiro atoms. The van der Waals surface area contributed by atoms with Crippen LogP contribution in [0.3, 0.4) is 0 Å². The van der Waals surface area contributed by atoms with Gasteiger partial charge in [0.2, 0.25) is 0 Å². The third kappa shape index (κ3) is 25.7. The predicted molar refractivity (Wildman–Crippen MR) is 412 cm³/mol. The summed E-state index contributed by atoms with van der Waals surface area (Å²) in [6, 6.07) is 95.7. The number of carbonyl (C=O) groups is 5. The first-order chi connectivity index (χ1) is 49.0. The number of nitrogens with two attached hydrogens (primary N) is 1. The van der Waals surface area contributed by atoms with E-state index in [-0.39, 0.29) is 18.0 Å². The summed E-state index contributed by atoms with van der Waals surface area (Å²) >= 11 is 0. The number of carbonyl (C=O) groups excluding carboxylic acids is 5. The minimum Gasteiger partial charge on any atom is -0.465 e. The number of rotatable bonds is 11. The van der Waals surface area contributed by atoms with Crippen LogP contribution in [0.5, 0.6) is 23.0 Å². The number of hydrogen-bond acceptors (Lipinski definition) is 10. The van der Waals surface area contributed by atoms with Gasteiger partial charge in [0.15, 0.2) is 0 Å². The summed E-state index contributed by atoms with van der Waals surface area (Å²) in [5.74, 6) is 1.51. The molecule has 0 unspecified atom stereocenters. The first-order valence-corrected chi connectivity index (χ1v) is 33.0. The number of hydrogen-bond donors (Lipinski definition) is 2. The molecule has 13 nitrogen and oxygen atoms in total. The Balaban J connectivity index is 0.000000172. The van der Waals surface area contributed by atoms with Gasteiger partial charge in [-0.25, -0.2) is 19.2 Å². The Kier molecular flexibility index (Phi) is 29.4. The quantitative estimate of drug-likeness (QED) is 0.0937. The van der Waals surface area contributed by atoms with Gasteiger partial charge in [0.05, 0.1) is 12.7 Å². The standard InChI is InChI=1S/C16H17NO2.C15H15NO2.2C15H14O2.C14H13NO2.C14H14/c1-12-5-4-6-14(11-12)13-7-9-15(10-8-13)19-16(18)17(2)3;1-11-4-3-5-13(10-11)12-6-8-14(9-7-12)18-15(17)16-2;1-11-4-3-5-14(10-11)12-6-8-13(9-7-12)15(16)17-2;1-11-4-3-5-14(10-11)13-6-8-15(9-7-13)17-12(2)16;1-10-3-2-4-12(9-10)11-5-7-13(8-6-11)17-14(15)16;1-11-6-8-13(9-7-11)14-5-3-4-12(2)10-14/h4-11H,1-3H3;3-10H,1-2H3,(H,16,17);2*3-10H,1-2H3;2-9H,1H3,(H2,15,16);3-10H,1-2H3. The van der Waals surface area contributed by atoms with Crippen molar-refractivity contribution in [2.45, 2.75) is 55.4 Å². The first kappa shape index (κ1) is 76.8. The lowest BCUT2D eigenvalue weighted by molar-refractivity contribution is -0.131. The van der Waals surface area contributed by atoms with E-state index >= 15 is 0 Å². The van der Waals surface area contributed by atoms with Crippen molar-refractivity contribution in [3.8, 4) is 89.8 Å². The van der Waals surface area contributed by atoms with Gasteiger partial charge in [-0.3, -0.25) is 4.79 Å². The molecule has 0 saturated carbocycles. The van der Waals surface area contributed by atoms with E-state index in [0.29, 0.717) is 28.6 Å². The molecule has 12 aromatic carbocycles. The Hall–Kier alpha value is -12.6. The van der Waals surface area contributed by atoms with E-state index in [1.165, 1.54) is 81.6 Å². The van der Waals surface area contributed by atoms with E-state index in [1.807, 2.05) is 110 Å². The van der Waals surface area contributed by atoms with Gasteiger partial charge in [-0.15, -0.1) is 0 Å². The molecule has 0 saturated heterocycles. The van der Waals surface area contributed by atoms with Gasteiger partial charge in [0, 0.05) is 28.1 Å². The summed E-state index contributed by atoms with van der Waals surface area (Å²) in [6.45, 7) is 15.9. The summed E-state index contributed by atoms with van der Waals surface area (Å²) in [4.78, 5) is 56.5. The Bertz CT molecular complexity index is 4580. The third-order valence-electron chi connectivity index (χ3n) is 15.3. The lowest BCUT2D eigenvalue weighted by Gasteiger charge is -2.11. The zero-order valence-corrected chi connectivity index (χ0v) is 59.8. The van der Waals surface area contributed by atoms with Crippen molar-refractivity contribution in [1.82, 2.24) is 10.2 Å². The Morgan fingerprint density at radius 3 is 0.814 bits per heavy atom. The van der Waals surface area contributed by atoms with Crippen LogP contribution < -0.4 is 30.0 Å². The lowest BCUT2D eigenvalue weighted by Crippen LogP contribution is -2.25. The van der Waals surface area contributed by atoms with Crippen LogP contribution in [0.25, 0.3) is 66.8 Å². The zero-order chi connectivity index (χ0) is 73.5. The van der Waals surface area contributed by atoms with Gasteiger partial charge in [-0.2, -0.15) is 0 Å². The van der Waals surface area contributed by atoms with Gasteiger partial charge in [0.25, 0.3) is 0 Å². The topological polar surface area (TPSA) is 173 Å². The van der Waals surface area contributed by atoms with Crippen molar-refractivity contribution in [3.05, 3.63) is 336 Å². The second kappa shape index (κ2) is 39.1. The number of esters is 2. The molecule has 0 aliphatic carbocycles. The molecule has 3 N–H and O–H groups in total. The van der Waals surface area contributed by atoms with Crippen molar-refractivity contribution in [3.63, 3.8) is 0 Å². The number of aryl methyl sites for hydroxylation is 7. The molecule has 13 heteroatoms. The van der Waals surface area contributed by atoms with Gasteiger partial charge < -0.3 is 39.6 Å². The minimum absolute atomic E-state index is 0.298. The van der Waals surface area contributed by atoms with Crippen molar-refractivity contribution >= 4 is 30.2 Å². The highest BCUT2D eigenvalue weighted by Crippen LogP contribution is 2.29. The monoisotopic (exact) mass is 1360 g/mol. The Morgan fingerprint density at radius 2 is 0.569 bits per heavy atom. The van der Waals surface area contributed by atoms with Gasteiger partial charge in [-0.05, 0) is 176 Å². The molecule has 518 valence electrons. The molecule has 0 aromatic heterocycles. The molecule has 0 aliphatic rings. The van der Waals surface area contributed by atoms with E-state index in [0.717, 1.165) is 50.1 Å². The average molecular weight is 1360 g/mol. The number of benzene rings is 12. The molecule has 0 bridgehead atoms. The van der Waals surface area contributed by atoms with Crippen molar-refractivity contribution < 1.29 is 47.7 Å². The summed E-state index contributed by atoms with van der Waals surface area (Å²) in [5.41, 5.74) is 28.1. The highest BCUT2D eigenvalue weighted by Gasteiger charge is 2.10. The van der Waals surface area contributed by atoms with Gasteiger partial charge in [0.1, 0.15) is 23.0 Å². The Labute approximate surface area is 599 Å². The van der Waals surface area contributed by atoms with Crippen molar-refractivity contribution in [1.29, 1.82) is 0 Å². The fraction of sp³-hybridized carbons (Fsp3) is 0.135. The van der Waals surface area contributed by atoms with Crippen LogP contribution in [0.15, 0.2) is 291 Å². The largest absolute Gasteiger partial charge is 0.465 e. The van der Waals surface area contributed by atoms with E-state index in [2.05, 4.69) is 179 Å². The van der Waals surface area contributed by atoms with Crippen LogP contribution in [0.2, 0.25) is 0 Å². The van der Waals surface area contributed by atoms with Crippen LogP contribution in [0, 0.1) is 48.5 Å². The fourth-order valence-corrected chi connectivity index (χ4v) is 10.1. The summed E-state index contributed by atoms with van der Waals surface area (Å²) in [7, 11) is 6.23. The number of ether oxygens (including phenoxy) is 5. The molecule has 0 fully saturated rings. The van der Waals surface area contributed by atoms with Crippen LogP contribution >= 0.6 is 0 Å². The lowest BCUT2D eigenvalue weighted by atomic mass is 10.0. The van der Waals surface area contributed by atoms with Crippen LogP contribution in [-0.4, -0.2) is 63.4 Å². The average Bonchev–Trinajstić information content (AvgIpc) is 0.895. The van der Waals surface area contributed by atoms with E-state index in [1.54, 1.807) is 74.8 Å². The fourth-order valence-electron chi connectivity index (χ4n) is 10.1. The number of primary amides is 1. The summed E-state index contributed by atoms with van der Waals surface area (Å²) < 4.78 is 24.6. The predicted octanol–water partition coefficient (Wildman–Crippen LogP) is 21.2. The third-order valence-corrected chi connectivity index (χ3v) is 15.3. The molecule has 0 radical (unpaired) electrons. The molecular weight excluding hydrogens is 1270 g/mol. The maximum absolute atomic E-state index is 11.4. The molecule has 12 aromatic rings. The summed E-state index contributed by atoms with van der Waals surface area (Å²) in [5, 5.41) is 2.41. The minimum atomic E-state index is -0.798. The highest BCUT2D eigenvalue weighted by molar-refractivity contribution is 5.90. The summed E-state index contributed by atoms with van der Waals surface area (Å²) in [6.07, 6.45) is -1.63. The molecular formula is C89H87N3O10. The number of amides is 3. The zero-order valence-electron chi connectivity index (χ0n) is 59.8. The number of methoxy groups -OCH3 is 1. The molecule has 102 heavy (non-hydrogen) atoms. The maximum atomic E-state index is 11.4. The second-order valence-corrected chi connectivity index (χ2v) is 24.2. The highest BCUT2D eigenvalue weighted by atomic mass is 16.6. The molecule has 12 rings (SSSR count). The Morgan fingerprint density at radius 1 is 0.314 bits per heavy atom. The van der Waals surface area contributed by atoms with Gasteiger partial charge >= 0.3 is 30.2 Å². The van der Waals surface area contributed by atoms with Gasteiger partial charge in [-0.1, -0.05) is 269 Å². The number of nitrogens with one attached hydrogen (secondary N) is 1. The first-order valence-electron chi connectivity index (χ1n) is 33.0. The van der Waals surface area contributed by atoms with E-state index in [4.69, 9.17) is 24.7 Å². The van der Waals surface area contributed by atoms with Crippen LogP contribution in [0.4, 0.5) is 14.4 Å².